The number of hydrogen-bond acceptors (Lipinski definition) is 11. The first kappa shape index (κ1) is 39.6. The van der Waals surface area contributed by atoms with Gasteiger partial charge in [-0.25, -0.2) is 4.79 Å². The van der Waals surface area contributed by atoms with Gasteiger partial charge in [-0.3, -0.25) is 0 Å². The van der Waals surface area contributed by atoms with Gasteiger partial charge in [0.05, 0.1) is 112 Å². The molecule has 0 saturated carbocycles. The summed E-state index contributed by atoms with van der Waals surface area (Å²) in [6.07, 6.45) is -6.62. The zero-order valence-corrected chi connectivity index (χ0v) is 22.9. The third-order valence-corrected chi connectivity index (χ3v) is 4.50. The summed E-state index contributed by atoms with van der Waals surface area (Å²) in [5.74, 6) is -15.6. The molecule has 0 rings (SSSR count). The Hall–Kier alpha value is -1.38. The van der Waals surface area contributed by atoms with Crippen molar-refractivity contribution in [3.05, 3.63) is 0 Å². The van der Waals surface area contributed by atoms with Gasteiger partial charge in [-0.05, 0) is 0 Å². The number of rotatable bonds is 29. The lowest BCUT2D eigenvalue weighted by Gasteiger charge is -2.26. The Bertz CT molecular complexity index is 629. The SMILES string of the molecule is COCCOCCOCCOCCOCCOCCOCCOCCOCCOC(=O)C(F)(F)C(F)(F)C(F)(F)F. The van der Waals surface area contributed by atoms with Crippen molar-refractivity contribution in [3.63, 3.8) is 0 Å². The summed E-state index contributed by atoms with van der Waals surface area (Å²) < 4.78 is 138. The number of halogens is 7. The van der Waals surface area contributed by atoms with Crippen LogP contribution in [0.5, 0.6) is 0 Å². The van der Waals surface area contributed by atoms with Crippen LogP contribution in [0.4, 0.5) is 30.7 Å². The van der Waals surface area contributed by atoms with Crippen molar-refractivity contribution in [2.24, 2.45) is 0 Å². The number of hydrogen-bond donors (Lipinski definition) is 0. The molecular formula is C23H39F7O11. The molecule has 246 valence electrons. The molecule has 0 radical (unpaired) electrons. The molecule has 0 spiro atoms. The zero-order chi connectivity index (χ0) is 30.9. The van der Waals surface area contributed by atoms with Crippen LogP contribution in [0.1, 0.15) is 0 Å². The minimum absolute atomic E-state index is 0.0362. The summed E-state index contributed by atoms with van der Waals surface area (Å²) >= 11 is 0. The van der Waals surface area contributed by atoms with Crippen LogP contribution in [0.25, 0.3) is 0 Å². The lowest BCUT2D eigenvalue weighted by Crippen LogP contribution is -2.56. The Labute approximate surface area is 233 Å². The van der Waals surface area contributed by atoms with Crippen molar-refractivity contribution in [2.45, 2.75) is 18.0 Å². The quantitative estimate of drug-likeness (QED) is 0.0694. The smallest absolute Gasteiger partial charge is 0.459 e. The molecule has 0 aliphatic rings. The van der Waals surface area contributed by atoms with E-state index in [2.05, 4.69) is 4.74 Å². The maximum Gasteiger partial charge on any atom is 0.460 e. The molecule has 0 aromatic heterocycles. The lowest BCUT2D eigenvalue weighted by molar-refractivity contribution is -0.348. The summed E-state index contributed by atoms with van der Waals surface area (Å²) in [5, 5.41) is 0. The minimum atomic E-state index is -6.62. The molecule has 0 bridgehead atoms. The van der Waals surface area contributed by atoms with E-state index in [-0.39, 0.29) is 26.4 Å². The summed E-state index contributed by atoms with van der Waals surface area (Å²) in [6.45, 7) is 4.16. The van der Waals surface area contributed by atoms with Crippen LogP contribution in [0.15, 0.2) is 0 Å². The number of ether oxygens (including phenoxy) is 10. The van der Waals surface area contributed by atoms with E-state index in [9.17, 15) is 35.5 Å². The van der Waals surface area contributed by atoms with Gasteiger partial charge in [0.25, 0.3) is 0 Å². The number of methoxy groups -OCH3 is 1. The van der Waals surface area contributed by atoms with E-state index in [1.54, 1.807) is 7.11 Å². The standard InChI is InChI=1S/C23H39F7O11/c1-32-2-3-33-4-5-34-6-7-35-8-9-36-10-11-37-12-13-38-14-15-39-16-17-40-18-19-41-20(31)21(24,25)22(26,27)23(28,29)30/h2-19H2,1H3. The maximum atomic E-state index is 13.0. The van der Waals surface area contributed by atoms with Crippen molar-refractivity contribution in [1.82, 2.24) is 0 Å². The van der Waals surface area contributed by atoms with Crippen LogP contribution in [-0.2, 0) is 52.2 Å². The first-order valence-electron chi connectivity index (χ1n) is 12.6. The van der Waals surface area contributed by atoms with E-state index < -0.39 is 37.2 Å². The van der Waals surface area contributed by atoms with E-state index in [0.29, 0.717) is 79.3 Å². The van der Waals surface area contributed by atoms with Gasteiger partial charge in [-0.2, -0.15) is 30.7 Å². The number of alkyl halides is 7. The van der Waals surface area contributed by atoms with Gasteiger partial charge in [-0.1, -0.05) is 0 Å². The van der Waals surface area contributed by atoms with Crippen molar-refractivity contribution < 1.29 is 82.9 Å². The molecule has 0 fully saturated rings. The molecule has 18 heteroatoms. The van der Waals surface area contributed by atoms with Gasteiger partial charge < -0.3 is 47.4 Å². The van der Waals surface area contributed by atoms with Crippen molar-refractivity contribution >= 4 is 5.97 Å². The summed E-state index contributed by atoms with van der Waals surface area (Å²) in [5.41, 5.74) is 0. The fraction of sp³-hybridized carbons (Fsp3) is 0.957. The number of esters is 1. The van der Waals surface area contributed by atoms with E-state index in [1.807, 2.05) is 0 Å². The molecule has 0 aromatic rings. The second kappa shape index (κ2) is 24.1. The molecule has 0 aliphatic carbocycles. The van der Waals surface area contributed by atoms with E-state index in [0.717, 1.165) is 0 Å². The average Bonchev–Trinajstić information content (AvgIpc) is 2.91. The Morgan fingerprint density at radius 3 is 0.927 bits per heavy atom. The van der Waals surface area contributed by atoms with Crippen LogP contribution in [0, 0.1) is 0 Å². The van der Waals surface area contributed by atoms with Crippen molar-refractivity contribution in [3.8, 4) is 0 Å². The van der Waals surface area contributed by atoms with Gasteiger partial charge in [0, 0.05) is 7.11 Å². The molecule has 0 aromatic carbocycles. The second-order valence-corrected chi connectivity index (χ2v) is 7.67. The third-order valence-electron chi connectivity index (χ3n) is 4.50. The largest absolute Gasteiger partial charge is 0.460 e. The van der Waals surface area contributed by atoms with E-state index in [4.69, 9.17) is 42.6 Å². The van der Waals surface area contributed by atoms with Crippen LogP contribution < -0.4 is 0 Å². The summed E-state index contributed by atoms with van der Waals surface area (Å²) in [4.78, 5) is 10.9. The lowest BCUT2D eigenvalue weighted by atomic mass is 10.1. The number of carbonyl (C=O) groups is 1. The zero-order valence-electron chi connectivity index (χ0n) is 22.9. The van der Waals surface area contributed by atoms with Crippen LogP contribution in [-0.4, -0.2) is 150 Å². The first-order chi connectivity index (χ1) is 19.5. The molecule has 0 saturated heterocycles. The summed E-state index contributed by atoms with van der Waals surface area (Å²) in [7, 11) is 1.61. The van der Waals surface area contributed by atoms with Crippen LogP contribution >= 0.6 is 0 Å². The normalized spacial score (nSPS) is 12.7. The second-order valence-electron chi connectivity index (χ2n) is 7.67. The fourth-order valence-electron chi connectivity index (χ4n) is 2.37. The van der Waals surface area contributed by atoms with E-state index >= 15 is 0 Å². The predicted molar refractivity (Wildman–Crippen MR) is 125 cm³/mol. The highest BCUT2D eigenvalue weighted by Gasteiger charge is 2.77. The molecule has 0 N–H and O–H groups in total. The Balaban J connectivity index is 3.36. The highest BCUT2D eigenvalue weighted by Crippen LogP contribution is 2.46. The van der Waals surface area contributed by atoms with Crippen LogP contribution in [0.2, 0.25) is 0 Å². The molecule has 0 aliphatic heterocycles. The van der Waals surface area contributed by atoms with Gasteiger partial charge in [0.1, 0.15) is 6.61 Å². The molecule has 0 atom stereocenters. The Kier molecular flexibility index (Phi) is 23.3. The molecule has 0 unspecified atom stereocenters. The van der Waals surface area contributed by atoms with Gasteiger partial charge in [0.2, 0.25) is 0 Å². The molecule has 11 nitrogen and oxygen atoms in total. The molecule has 41 heavy (non-hydrogen) atoms. The van der Waals surface area contributed by atoms with Crippen molar-refractivity contribution in [1.29, 1.82) is 0 Å². The Morgan fingerprint density at radius 1 is 0.439 bits per heavy atom. The minimum Gasteiger partial charge on any atom is -0.459 e. The molecular weight excluding hydrogens is 585 g/mol. The topological polar surface area (TPSA) is 109 Å². The van der Waals surface area contributed by atoms with Crippen LogP contribution in [0.3, 0.4) is 0 Å². The Morgan fingerprint density at radius 2 is 0.683 bits per heavy atom. The van der Waals surface area contributed by atoms with Gasteiger partial charge >= 0.3 is 24.0 Å². The predicted octanol–water partition coefficient (Wildman–Crippen LogP) is 2.14. The van der Waals surface area contributed by atoms with E-state index in [1.165, 1.54) is 0 Å². The third kappa shape index (κ3) is 19.4. The first-order valence-corrected chi connectivity index (χ1v) is 12.6. The monoisotopic (exact) mass is 624 g/mol. The fourth-order valence-corrected chi connectivity index (χ4v) is 2.37. The number of carbonyl (C=O) groups excluding carboxylic acids is 1. The highest BCUT2D eigenvalue weighted by atomic mass is 19.4. The molecule has 0 heterocycles. The van der Waals surface area contributed by atoms with Gasteiger partial charge in [0.15, 0.2) is 0 Å². The van der Waals surface area contributed by atoms with Gasteiger partial charge in [-0.15, -0.1) is 0 Å². The maximum absolute atomic E-state index is 13.0. The highest BCUT2D eigenvalue weighted by molar-refractivity contribution is 5.79. The van der Waals surface area contributed by atoms with Crippen molar-refractivity contribution in [2.75, 3.05) is 126 Å². The molecule has 0 amide bonds. The average molecular weight is 625 g/mol. The summed E-state index contributed by atoms with van der Waals surface area (Å²) in [6, 6.07) is 0.